The Labute approximate surface area is 266 Å². The third-order valence-corrected chi connectivity index (χ3v) is 11.5. The lowest BCUT2D eigenvalue weighted by Gasteiger charge is -2.58. The molecule has 0 N–H and O–H groups in total. The molecule has 45 heavy (non-hydrogen) atoms. The quantitative estimate of drug-likeness (QED) is 0.208. The summed E-state index contributed by atoms with van der Waals surface area (Å²) < 4.78 is 13.4. The Morgan fingerprint density at radius 3 is 2.33 bits per heavy atom. The number of nitrogens with zero attached hydrogens (tertiary/aromatic N) is 1. The Morgan fingerprint density at radius 2 is 1.56 bits per heavy atom. The summed E-state index contributed by atoms with van der Waals surface area (Å²) >= 11 is 0. The highest BCUT2D eigenvalue weighted by Gasteiger charge is 2.61. The monoisotopic (exact) mass is 589 g/mol. The lowest BCUT2D eigenvalue weighted by atomic mass is 9.46. The van der Waals surface area contributed by atoms with Crippen LogP contribution < -0.4 is 14.4 Å². The van der Waals surface area contributed by atoms with Crippen molar-refractivity contribution >= 4 is 22.5 Å². The molecular weight excluding hydrogens is 550 g/mol. The lowest BCUT2D eigenvalue weighted by Crippen LogP contribution is -2.52. The van der Waals surface area contributed by atoms with Crippen LogP contribution in [-0.4, -0.2) is 21.2 Å². The number of methoxy groups -OCH3 is 1. The molecule has 9 rings (SSSR count). The van der Waals surface area contributed by atoms with Gasteiger partial charge in [0.2, 0.25) is 0 Å². The summed E-state index contributed by atoms with van der Waals surface area (Å²) in [6.07, 6.45) is 11.4. The van der Waals surface area contributed by atoms with Gasteiger partial charge in [-0.05, 0) is 88.7 Å². The van der Waals surface area contributed by atoms with E-state index in [4.69, 9.17) is 9.47 Å². The van der Waals surface area contributed by atoms with E-state index in [0.29, 0.717) is 5.92 Å². The van der Waals surface area contributed by atoms with Crippen LogP contribution in [0, 0.1) is 11.8 Å². The molecule has 1 heterocycles. The predicted octanol–water partition coefficient (Wildman–Crippen LogP) is 9.74. The molecule has 5 aromatic rings. The fourth-order valence-electron chi connectivity index (χ4n) is 9.49. The van der Waals surface area contributed by atoms with Gasteiger partial charge in [0, 0.05) is 47.3 Å². The van der Waals surface area contributed by atoms with Gasteiger partial charge in [0.15, 0.2) is 5.60 Å². The number of rotatable bonds is 4. The summed E-state index contributed by atoms with van der Waals surface area (Å²) in [4.78, 5) is 2.14. The second kappa shape index (κ2) is 9.75. The topological polar surface area (TPSA) is 21.7 Å². The summed E-state index contributed by atoms with van der Waals surface area (Å²) in [5, 5.41) is 2.37. The second-order valence-corrected chi connectivity index (χ2v) is 13.8. The maximum atomic E-state index is 7.57. The smallest absolute Gasteiger partial charge is 0.178 e. The van der Waals surface area contributed by atoms with Gasteiger partial charge in [-0.2, -0.15) is 0 Å². The summed E-state index contributed by atoms with van der Waals surface area (Å²) in [7, 11) is 5.92. The molecule has 0 saturated heterocycles. The zero-order chi connectivity index (χ0) is 30.3. The molecular formula is C42H39NO2. The van der Waals surface area contributed by atoms with Gasteiger partial charge in [0.05, 0.1) is 7.11 Å². The Bertz CT molecular complexity index is 1990. The number of hydrogen-bond acceptors (Lipinski definition) is 3. The van der Waals surface area contributed by atoms with Crippen LogP contribution in [-0.2, 0) is 11.0 Å². The molecule has 1 aliphatic heterocycles. The van der Waals surface area contributed by atoms with Crippen LogP contribution in [0.4, 0.5) is 5.69 Å². The largest absolute Gasteiger partial charge is 0.497 e. The molecule has 3 nitrogen and oxygen atoms in total. The molecule has 2 saturated carbocycles. The summed E-state index contributed by atoms with van der Waals surface area (Å²) in [5.74, 6) is 3.31. The standard InChI is InChI=1S/C42H39NO2/c1-43(2)30-19-17-29(18-20-30)42(28-12-5-4-6-13-28)24-23-34-39-38(32-22-21-31(44-3)25-35(32)40(34)45-42)33-14-8-10-16-37(33)41(39)26-27-11-7-9-15-36(27)41/h4-6,8,10,12-14,16-25,27,36H,7,9,11,15,26H2,1-3H3. The molecule has 0 bridgehead atoms. The number of ether oxygens (including phenoxy) is 2. The number of benzene rings is 5. The van der Waals surface area contributed by atoms with Crippen molar-refractivity contribution in [3.8, 4) is 22.6 Å². The van der Waals surface area contributed by atoms with Crippen molar-refractivity contribution in [1.29, 1.82) is 0 Å². The van der Waals surface area contributed by atoms with Crippen molar-refractivity contribution in [3.63, 3.8) is 0 Å². The van der Waals surface area contributed by atoms with Gasteiger partial charge in [-0.15, -0.1) is 0 Å². The van der Waals surface area contributed by atoms with Gasteiger partial charge >= 0.3 is 0 Å². The van der Waals surface area contributed by atoms with E-state index < -0.39 is 5.60 Å². The lowest BCUT2D eigenvalue weighted by molar-refractivity contribution is 0.0242. The molecule has 0 radical (unpaired) electrons. The van der Waals surface area contributed by atoms with Gasteiger partial charge in [-0.3, -0.25) is 0 Å². The van der Waals surface area contributed by atoms with Crippen LogP contribution in [0.15, 0.2) is 103 Å². The Morgan fingerprint density at radius 1 is 0.800 bits per heavy atom. The van der Waals surface area contributed by atoms with Gasteiger partial charge < -0.3 is 14.4 Å². The maximum absolute atomic E-state index is 7.57. The highest BCUT2D eigenvalue weighted by atomic mass is 16.5. The van der Waals surface area contributed by atoms with E-state index in [1.54, 1.807) is 7.11 Å². The molecule has 0 amide bonds. The minimum Gasteiger partial charge on any atom is -0.497 e. The van der Waals surface area contributed by atoms with Crippen molar-refractivity contribution in [2.24, 2.45) is 11.8 Å². The second-order valence-electron chi connectivity index (χ2n) is 13.8. The van der Waals surface area contributed by atoms with Crippen molar-refractivity contribution < 1.29 is 9.47 Å². The summed E-state index contributed by atoms with van der Waals surface area (Å²) in [6, 6.07) is 35.4. The summed E-state index contributed by atoms with van der Waals surface area (Å²) in [6.45, 7) is 0. The maximum Gasteiger partial charge on any atom is 0.178 e. The normalized spacial score (nSPS) is 25.5. The first-order valence-corrected chi connectivity index (χ1v) is 16.5. The van der Waals surface area contributed by atoms with Crippen molar-refractivity contribution in [2.75, 3.05) is 26.1 Å². The van der Waals surface area contributed by atoms with Crippen LogP contribution in [0.2, 0.25) is 0 Å². The first-order valence-electron chi connectivity index (χ1n) is 16.5. The molecule has 5 aromatic carbocycles. The van der Waals surface area contributed by atoms with Crippen molar-refractivity contribution in [3.05, 3.63) is 131 Å². The average molecular weight is 590 g/mol. The van der Waals surface area contributed by atoms with Crippen LogP contribution in [0.25, 0.3) is 28.0 Å². The fraction of sp³-hybridized carbons (Fsp3) is 0.286. The summed E-state index contributed by atoms with van der Waals surface area (Å²) in [5.41, 5.74) is 9.77. The predicted molar refractivity (Wildman–Crippen MR) is 184 cm³/mol. The third-order valence-electron chi connectivity index (χ3n) is 11.5. The van der Waals surface area contributed by atoms with E-state index in [9.17, 15) is 0 Å². The fourth-order valence-corrected chi connectivity index (χ4v) is 9.49. The zero-order valence-corrected chi connectivity index (χ0v) is 26.3. The molecule has 3 heteroatoms. The van der Waals surface area contributed by atoms with E-state index in [0.717, 1.165) is 33.9 Å². The minimum atomic E-state index is -0.769. The number of fused-ring (bicyclic) bond motifs is 12. The third kappa shape index (κ3) is 3.58. The molecule has 4 atom stereocenters. The molecule has 4 aliphatic rings. The van der Waals surface area contributed by atoms with E-state index >= 15 is 0 Å². The molecule has 2 fully saturated rings. The van der Waals surface area contributed by atoms with Gasteiger partial charge in [0.1, 0.15) is 11.5 Å². The van der Waals surface area contributed by atoms with Crippen LogP contribution in [0.3, 0.4) is 0 Å². The van der Waals surface area contributed by atoms with Crippen molar-refractivity contribution in [2.45, 2.75) is 43.1 Å². The van der Waals surface area contributed by atoms with E-state index in [2.05, 4.69) is 128 Å². The van der Waals surface area contributed by atoms with Gasteiger partial charge in [-0.1, -0.05) is 92.1 Å². The molecule has 224 valence electrons. The van der Waals surface area contributed by atoms with Gasteiger partial charge in [0.25, 0.3) is 0 Å². The van der Waals surface area contributed by atoms with Crippen molar-refractivity contribution in [1.82, 2.24) is 0 Å². The van der Waals surface area contributed by atoms with E-state index in [-0.39, 0.29) is 5.41 Å². The zero-order valence-electron chi connectivity index (χ0n) is 26.3. The van der Waals surface area contributed by atoms with Crippen LogP contribution in [0.5, 0.6) is 11.5 Å². The Kier molecular flexibility index (Phi) is 5.82. The first-order chi connectivity index (χ1) is 22.0. The van der Waals surface area contributed by atoms with Crippen LogP contribution >= 0.6 is 0 Å². The van der Waals surface area contributed by atoms with E-state index in [1.165, 1.54) is 71.0 Å². The highest BCUT2D eigenvalue weighted by Crippen LogP contribution is 2.70. The first kappa shape index (κ1) is 26.9. The SMILES string of the molecule is COc1ccc2c3c(c4c(c2c1)OC(c1ccccc1)(c1ccc(N(C)C)cc1)C=C4)C1(CC2CCCCC21)c1ccccc1-3. The Balaban J connectivity index is 1.34. The Hall–Kier alpha value is -4.50. The molecule has 3 aliphatic carbocycles. The number of hydrogen-bond donors (Lipinski definition) is 0. The van der Waals surface area contributed by atoms with Gasteiger partial charge in [-0.25, -0.2) is 0 Å². The van der Waals surface area contributed by atoms with E-state index in [1.807, 2.05) is 0 Å². The molecule has 1 spiro atoms. The highest BCUT2D eigenvalue weighted by molar-refractivity contribution is 6.09. The molecule has 4 unspecified atom stereocenters. The number of anilines is 1. The average Bonchev–Trinajstić information content (AvgIpc) is 3.41. The van der Waals surface area contributed by atoms with Crippen LogP contribution in [0.1, 0.15) is 59.9 Å². The minimum absolute atomic E-state index is 0.0447. The molecule has 0 aromatic heterocycles.